The van der Waals surface area contributed by atoms with Gasteiger partial charge in [0.2, 0.25) is 0 Å². The van der Waals surface area contributed by atoms with Gasteiger partial charge in [-0.3, -0.25) is 0 Å². The summed E-state index contributed by atoms with van der Waals surface area (Å²) in [6.07, 6.45) is 1.02. The number of benzene rings is 1. The Morgan fingerprint density at radius 3 is 2.63 bits per heavy atom. The molecule has 0 heterocycles. The van der Waals surface area contributed by atoms with E-state index in [2.05, 4.69) is 10.1 Å². The van der Waals surface area contributed by atoms with Gasteiger partial charge in [-0.15, -0.1) is 0 Å². The molecule has 0 atom stereocenters. The first-order valence-electron chi connectivity index (χ1n) is 4.91. The molecule has 0 fully saturated rings. The number of nitrogens with zero attached hydrogens (tertiary/aromatic N) is 2. The van der Waals surface area contributed by atoms with Gasteiger partial charge in [-0.05, 0) is 6.07 Å². The highest BCUT2D eigenvalue weighted by atomic mass is 19.1. The molecule has 0 amide bonds. The molecule has 96 valence electrons. The van der Waals surface area contributed by atoms with Crippen LogP contribution in [0.5, 0.6) is 5.75 Å². The van der Waals surface area contributed by atoms with Crippen molar-refractivity contribution in [2.24, 2.45) is 0 Å². The first kappa shape index (κ1) is 14.0. The minimum absolute atomic E-state index is 0.0372. The number of hydrogen-bond donors (Lipinski definition) is 2. The number of allylic oxidation sites excluding steroid dienone is 1. The van der Waals surface area contributed by atoms with Gasteiger partial charge in [-0.25, -0.2) is 9.18 Å². The molecule has 0 radical (unpaired) electrons. The lowest BCUT2D eigenvalue weighted by molar-refractivity contribution is 0.0595. The van der Waals surface area contributed by atoms with Crippen molar-refractivity contribution < 1.29 is 19.0 Å². The topological polar surface area (TPSA) is 106 Å². The van der Waals surface area contributed by atoms with Crippen LogP contribution >= 0.6 is 0 Å². The zero-order valence-corrected chi connectivity index (χ0v) is 9.77. The molecule has 7 heteroatoms. The summed E-state index contributed by atoms with van der Waals surface area (Å²) in [7, 11) is 1.09. The third kappa shape index (κ3) is 3.20. The zero-order chi connectivity index (χ0) is 14.4. The molecule has 0 spiro atoms. The maximum atomic E-state index is 13.4. The summed E-state index contributed by atoms with van der Waals surface area (Å²) in [4.78, 5) is 11.3. The highest BCUT2D eigenvalue weighted by molar-refractivity contribution is 5.91. The average molecular weight is 261 g/mol. The number of carbonyl (C=O) groups is 1. The summed E-state index contributed by atoms with van der Waals surface area (Å²) in [5.41, 5.74) is -0.667. The molecule has 0 bridgehead atoms. The molecule has 0 unspecified atom stereocenters. The van der Waals surface area contributed by atoms with Crippen molar-refractivity contribution in [1.29, 1.82) is 10.5 Å². The number of rotatable bonds is 3. The predicted molar refractivity (Wildman–Crippen MR) is 62.3 cm³/mol. The molecule has 1 rings (SSSR count). The minimum Gasteiger partial charge on any atom is -0.506 e. The van der Waals surface area contributed by atoms with Crippen molar-refractivity contribution in [3.8, 4) is 17.9 Å². The van der Waals surface area contributed by atoms with E-state index >= 15 is 0 Å². The first-order chi connectivity index (χ1) is 9.03. The molecule has 6 nitrogen and oxygen atoms in total. The van der Waals surface area contributed by atoms with Crippen LogP contribution in [0.3, 0.4) is 0 Å². The number of ether oxygens (including phenoxy) is 1. The van der Waals surface area contributed by atoms with E-state index in [9.17, 15) is 14.3 Å². The highest BCUT2D eigenvalue weighted by Gasteiger charge is 2.15. The van der Waals surface area contributed by atoms with Crippen molar-refractivity contribution in [3.63, 3.8) is 0 Å². The quantitative estimate of drug-likeness (QED) is 0.487. The van der Waals surface area contributed by atoms with E-state index in [1.807, 2.05) is 0 Å². The van der Waals surface area contributed by atoms with Crippen LogP contribution in [-0.2, 0) is 4.74 Å². The lowest BCUT2D eigenvalue weighted by Crippen LogP contribution is -2.05. The van der Waals surface area contributed by atoms with Crippen LogP contribution in [0, 0.1) is 28.5 Å². The maximum absolute atomic E-state index is 13.4. The normalized spacial score (nSPS) is 8.84. The third-order valence-electron chi connectivity index (χ3n) is 2.10. The average Bonchev–Trinajstić information content (AvgIpc) is 2.41. The SMILES string of the molecule is COC(=O)c1cc(NC=C(C#N)C#N)c(O)cc1F. The summed E-state index contributed by atoms with van der Waals surface area (Å²) >= 11 is 0. The molecule has 0 saturated carbocycles. The van der Waals surface area contributed by atoms with Crippen molar-refractivity contribution in [1.82, 2.24) is 0 Å². The number of methoxy groups -OCH3 is 1. The summed E-state index contributed by atoms with van der Waals surface area (Å²) < 4.78 is 17.8. The molecular formula is C12H8FN3O3. The molecule has 2 N–H and O–H groups in total. The number of phenols is 1. The van der Waals surface area contributed by atoms with Gasteiger partial charge in [0, 0.05) is 12.3 Å². The number of carbonyl (C=O) groups excluding carboxylic acids is 1. The third-order valence-corrected chi connectivity index (χ3v) is 2.10. The fraction of sp³-hybridized carbons (Fsp3) is 0.0833. The second-order valence-corrected chi connectivity index (χ2v) is 3.27. The Hall–Kier alpha value is -3.06. The van der Waals surface area contributed by atoms with E-state index in [-0.39, 0.29) is 16.8 Å². The van der Waals surface area contributed by atoms with Gasteiger partial charge in [0.25, 0.3) is 0 Å². The molecule has 0 aromatic heterocycles. The Morgan fingerprint density at radius 2 is 2.11 bits per heavy atom. The largest absolute Gasteiger partial charge is 0.506 e. The fourth-order valence-corrected chi connectivity index (χ4v) is 1.18. The smallest absolute Gasteiger partial charge is 0.340 e. The Morgan fingerprint density at radius 1 is 1.47 bits per heavy atom. The maximum Gasteiger partial charge on any atom is 0.340 e. The molecule has 0 saturated heterocycles. The van der Waals surface area contributed by atoms with E-state index < -0.39 is 17.5 Å². The number of nitrogens with one attached hydrogen (secondary N) is 1. The number of aromatic hydroxyl groups is 1. The minimum atomic E-state index is -0.945. The molecule has 0 aliphatic carbocycles. The van der Waals surface area contributed by atoms with Crippen LogP contribution < -0.4 is 5.32 Å². The van der Waals surface area contributed by atoms with Crippen molar-refractivity contribution in [2.75, 3.05) is 12.4 Å². The summed E-state index contributed by atoms with van der Waals surface area (Å²) in [6.45, 7) is 0. The second-order valence-electron chi connectivity index (χ2n) is 3.27. The predicted octanol–water partition coefficient (Wildman–Crippen LogP) is 1.66. The number of halogens is 1. The van der Waals surface area contributed by atoms with Crippen molar-refractivity contribution in [3.05, 3.63) is 35.3 Å². The molecule has 0 aliphatic rings. The van der Waals surface area contributed by atoms with Crippen LogP contribution in [0.4, 0.5) is 10.1 Å². The van der Waals surface area contributed by atoms with Crippen molar-refractivity contribution >= 4 is 11.7 Å². The molecule has 1 aromatic carbocycles. The van der Waals surface area contributed by atoms with Crippen LogP contribution in [0.15, 0.2) is 23.9 Å². The molecule has 0 aliphatic heterocycles. The summed E-state index contributed by atoms with van der Waals surface area (Å²) in [6, 6.07) is 4.92. The van der Waals surface area contributed by atoms with Gasteiger partial charge in [-0.2, -0.15) is 10.5 Å². The number of anilines is 1. The highest BCUT2D eigenvalue weighted by Crippen LogP contribution is 2.27. The lowest BCUT2D eigenvalue weighted by atomic mass is 10.1. The van der Waals surface area contributed by atoms with Crippen LogP contribution in [0.2, 0.25) is 0 Å². The van der Waals surface area contributed by atoms with Gasteiger partial charge < -0.3 is 15.2 Å². The molecular weight excluding hydrogens is 253 g/mol. The Balaban J connectivity index is 3.17. The second kappa shape index (κ2) is 6.03. The van der Waals surface area contributed by atoms with Crippen molar-refractivity contribution in [2.45, 2.75) is 0 Å². The number of phenolic OH excluding ortho intramolecular Hbond substituents is 1. The van der Waals surface area contributed by atoms with Gasteiger partial charge in [0.1, 0.15) is 29.3 Å². The van der Waals surface area contributed by atoms with E-state index in [0.29, 0.717) is 0 Å². The van der Waals surface area contributed by atoms with Gasteiger partial charge in [0.05, 0.1) is 18.4 Å². The summed E-state index contributed by atoms with van der Waals surface area (Å²) in [5.74, 6) is -2.33. The lowest BCUT2D eigenvalue weighted by Gasteiger charge is -2.07. The van der Waals surface area contributed by atoms with E-state index in [0.717, 1.165) is 25.4 Å². The van der Waals surface area contributed by atoms with E-state index in [4.69, 9.17) is 10.5 Å². The Labute approximate surface area is 108 Å². The van der Waals surface area contributed by atoms with Crippen LogP contribution in [-0.4, -0.2) is 18.2 Å². The molecule has 1 aromatic rings. The van der Waals surface area contributed by atoms with Gasteiger partial charge in [-0.1, -0.05) is 0 Å². The number of hydrogen-bond acceptors (Lipinski definition) is 6. The number of esters is 1. The van der Waals surface area contributed by atoms with Gasteiger partial charge in [0.15, 0.2) is 0 Å². The Bertz CT molecular complexity index is 610. The van der Waals surface area contributed by atoms with Gasteiger partial charge >= 0.3 is 5.97 Å². The number of nitriles is 2. The van der Waals surface area contributed by atoms with Crippen LogP contribution in [0.1, 0.15) is 10.4 Å². The standard InChI is InChI=1S/C12H8FN3O3/c1-19-12(18)8-2-10(11(17)3-9(8)13)16-6-7(4-14)5-15/h2-3,6,16-17H,1H3. The fourth-order valence-electron chi connectivity index (χ4n) is 1.18. The first-order valence-corrected chi connectivity index (χ1v) is 4.91. The summed E-state index contributed by atoms with van der Waals surface area (Å²) in [5, 5.41) is 29.0. The zero-order valence-electron chi connectivity index (χ0n) is 9.77. The Kier molecular flexibility index (Phi) is 4.44. The molecule has 19 heavy (non-hydrogen) atoms. The van der Waals surface area contributed by atoms with E-state index in [1.54, 1.807) is 12.1 Å². The monoisotopic (exact) mass is 261 g/mol. The van der Waals surface area contributed by atoms with Crippen LogP contribution in [0.25, 0.3) is 0 Å². The van der Waals surface area contributed by atoms with E-state index in [1.165, 1.54) is 0 Å².